The van der Waals surface area contributed by atoms with Gasteiger partial charge in [-0.25, -0.2) is 0 Å². The van der Waals surface area contributed by atoms with Crippen LogP contribution in [0.5, 0.6) is 0 Å². The number of carbonyl (C=O) groups excluding carboxylic acids is 1. The van der Waals surface area contributed by atoms with Gasteiger partial charge in [0.1, 0.15) is 6.29 Å². The summed E-state index contributed by atoms with van der Waals surface area (Å²) in [7, 11) is -1.73. The molecule has 0 aromatic carbocycles. The minimum atomic E-state index is -1.73. The van der Waals surface area contributed by atoms with Crippen molar-refractivity contribution in [1.29, 1.82) is 0 Å². The Morgan fingerprint density at radius 1 is 1.09 bits per heavy atom. The van der Waals surface area contributed by atoms with Gasteiger partial charge in [0.15, 0.2) is 8.32 Å². The molecule has 0 heterocycles. The van der Waals surface area contributed by atoms with Gasteiger partial charge in [0.05, 0.1) is 0 Å². The molecule has 3 heteroatoms. The maximum absolute atomic E-state index is 11.6. The van der Waals surface area contributed by atoms with Gasteiger partial charge >= 0.3 is 0 Å². The van der Waals surface area contributed by atoms with Crippen LogP contribution in [0.25, 0.3) is 0 Å². The molecule has 2 aliphatic rings. The molecule has 0 spiro atoms. The summed E-state index contributed by atoms with van der Waals surface area (Å²) >= 11 is 0. The molecule has 2 rings (SSSR count). The van der Waals surface area contributed by atoms with E-state index < -0.39 is 8.32 Å². The Kier molecular flexibility index (Phi) is 4.99. The van der Waals surface area contributed by atoms with E-state index >= 15 is 0 Å². The molecule has 0 bridgehead atoms. The lowest BCUT2D eigenvalue weighted by Gasteiger charge is -2.50. The van der Waals surface area contributed by atoms with Crippen LogP contribution in [0.2, 0.25) is 18.1 Å². The quantitative estimate of drug-likeness (QED) is 0.477. The summed E-state index contributed by atoms with van der Waals surface area (Å²) in [6, 6.07) is 0. The van der Waals surface area contributed by atoms with Gasteiger partial charge in [0.25, 0.3) is 0 Å². The Morgan fingerprint density at radius 3 is 2.22 bits per heavy atom. The predicted molar refractivity (Wildman–Crippen MR) is 100 cm³/mol. The molecule has 0 N–H and O–H groups in total. The third-order valence-electron chi connectivity index (χ3n) is 7.52. The molecule has 0 saturated heterocycles. The minimum absolute atomic E-state index is 0.206. The van der Waals surface area contributed by atoms with Crippen molar-refractivity contribution in [2.45, 2.75) is 97.9 Å². The van der Waals surface area contributed by atoms with Gasteiger partial charge in [-0.2, -0.15) is 0 Å². The first-order chi connectivity index (χ1) is 10.4. The molecular weight excluding hydrogens is 300 g/mol. The van der Waals surface area contributed by atoms with E-state index in [1.54, 1.807) is 0 Å². The molecule has 2 saturated carbocycles. The smallest absolute Gasteiger partial charge is 0.192 e. The number of carbonyl (C=O) groups is 1. The highest BCUT2D eigenvalue weighted by Crippen LogP contribution is 2.61. The molecule has 0 aromatic rings. The van der Waals surface area contributed by atoms with Crippen LogP contribution in [0.4, 0.5) is 0 Å². The summed E-state index contributed by atoms with van der Waals surface area (Å²) in [6.07, 6.45) is 7.74. The maximum Gasteiger partial charge on any atom is 0.192 e. The number of aldehydes is 1. The topological polar surface area (TPSA) is 26.3 Å². The van der Waals surface area contributed by atoms with Crippen molar-refractivity contribution in [2.24, 2.45) is 22.7 Å². The molecule has 0 unspecified atom stereocenters. The third kappa shape index (κ3) is 3.33. The molecule has 0 amide bonds. The highest BCUT2D eigenvalue weighted by atomic mass is 28.4. The molecule has 2 fully saturated rings. The first kappa shape index (κ1) is 19.2. The van der Waals surface area contributed by atoms with Crippen molar-refractivity contribution < 1.29 is 9.22 Å². The van der Waals surface area contributed by atoms with Crippen LogP contribution >= 0.6 is 0 Å². The maximum atomic E-state index is 11.6. The van der Waals surface area contributed by atoms with Crippen molar-refractivity contribution in [3.63, 3.8) is 0 Å². The molecule has 0 aliphatic heterocycles. The van der Waals surface area contributed by atoms with E-state index in [-0.39, 0.29) is 15.9 Å². The van der Waals surface area contributed by atoms with E-state index in [4.69, 9.17) is 4.43 Å². The van der Waals surface area contributed by atoms with Crippen LogP contribution < -0.4 is 0 Å². The predicted octanol–water partition coefficient (Wildman–Crippen LogP) is 5.82. The summed E-state index contributed by atoms with van der Waals surface area (Å²) in [5, 5.41) is 0.265. The van der Waals surface area contributed by atoms with Gasteiger partial charge in [0.2, 0.25) is 0 Å². The van der Waals surface area contributed by atoms with Crippen LogP contribution in [-0.4, -0.2) is 20.7 Å². The average molecular weight is 339 g/mol. The Morgan fingerprint density at radius 2 is 1.70 bits per heavy atom. The molecule has 2 aliphatic carbocycles. The largest absolute Gasteiger partial charge is 0.414 e. The zero-order valence-electron chi connectivity index (χ0n) is 16.7. The SMILES string of the molecule is CC(C)(C=O)[C@H]1CC[C@H]2[C@@H](O[Si](C)(C)C(C)(C)C)CCC[C@]12C. The fourth-order valence-electron chi connectivity index (χ4n) is 5.12. The minimum Gasteiger partial charge on any atom is -0.414 e. The summed E-state index contributed by atoms with van der Waals surface area (Å²) in [5.74, 6) is 1.14. The molecule has 0 radical (unpaired) electrons. The van der Waals surface area contributed by atoms with Gasteiger partial charge in [0, 0.05) is 11.5 Å². The van der Waals surface area contributed by atoms with Gasteiger partial charge in [-0.05, 0) is 61.1 Å². The average Bonchev–Trinajstić information content (AvgIpc) is 2.76. The molecule has 134 valence electrons. The molecule has 0 aromatic heterocycles. The standard InChI is InChI=1S/C20H38O2Si/c1-18(2,3)23(7,8)22-16-10-9-13-20(6)15(16)11-12-17(20)19(4,5)14-21/h14-17H,9-13H2,1-8H3/t15-,16-,17+,20-/m0/s1. The second kappa shape index (κ2) is 5.98. The van der Waals surface area contributed by atoms with Crippen LogP contribution in [-0.2, 0) is 9.22 Å². The third-order valence-corrected chi connectivity index (χ3v) is 12.0. The summed E-state index contributed by atoms with van der Waals surface area (Å²) < 4.78 is 6.87. The first-order valence-corrected chi connectivity index (χ1v) is 12.4. The van der Waals surface area contributed by atoms with Crippen LogP contribution in [0, 0.1) is 22.7 Å². The van der Waals surface area contributed by atoms with Gasteiger partial charge < -0.3 is 9.22 Å². The van der Waals surface area contributed by atoms with Crippen LogP contribution in [0.1, 0.15) is 73.6 Å². The normalized spacial score (nSPS) is 35.9. The zero-order chi connectivity index (χ0) is 17.7. The van der Waals surface area contributed by atoms with Crippen molar-refractivity contribution in [3.8, 4) is 0 Å². The number of rotatable bonds is 4. The van der Waals surface area contributed by atoms with Gasteiger partial charge in [-0.15, -0.1) is 0 Å². The fraction of sp³-hybridized carbons (Fsp3) is 0.950. The van der Waals surface area contributed by atoms with Crippen LogP contribution in [0.3, 0.4) is 0 Å². The molecule has 4 atom stereocenters. The molecule has 2 nitrogen and oxygen atoms in total. The zero-order valence-corrected chi connectivity index (χ0v) is 17.7. The lowest BCUT2D eigenvalue weighted by Crippen LogP contribution is -2.51. The number of hydrogen-bond acceptors (Lipinski definition) is 2. The fourth-order valence-corrected chi connectivity index (χ4v) is 6.51. The van der Waals surface area contributed by atoms with E-state index in [1.165, 1.54) is 38.4 Å². The number of fused-ring (bicyclic) bond motifs is 1. The Bertz CT molecular complexity index is 449. The summed E-state index contributed by atoms with van der Waals surface area (Å²) in [5.41, 5.74) is 0.0675. The molecular formula is C20H38O2Si. The second-order valence-electron chi connectivity index (χ2n) is 10.5. The lowest BCUT2D eigenvalue weighted by atomic mass is 9.58. The highest BCUT2D eigenvalue weighted by Gasteiger charge is 2.56. The second-order valence-corrected chi connectivity index (χ2v) is 15.2. The summed E-state index contributed by atoms with van der Waals surface area (Å²) in [4.78, 5) is 11.6. The first-order valence-electron chi connectivity index (χ1n) is 9.49. The van der Waals surface area contributed by atoms with E-state index in [0.717, 1.165) is 0 Å². The van der Waals surface area contributed by atoms with E-state index in [0.29, 0.717) is 17.9 Å². The van der Waals surface area contributed by atoms with Crippen LogP contribution in [0.15, 0.2) is 0 Å². The van der Waals surface area contributed by atoms with Crippen molar-refractivity contribution in [1.82, 2.24) is 0 Å². The van der Waals surface area contributed by atoms with Crippen molar-refractivity contribution >= 4 is 14.6 Å². The Hall–Kier alpha value is -0.153. The lowest BCUT2D eigenvalue weighted by molar-refractivity contribution is -0.121. The van der Waals surface area contributed by atoms with E-state index in [2.05, 4.69) is 54.6 Å². The summed E-state index contributed by atoms with van der Waals surface area (Å²) in [6.45, 7) is 18.5. The van der Waals surface area contributed by atoms with Crippen molar-refractivity contribution in [2.75, 3.05) is 0 Å². The van der Waals surface area contributed by atoms with Gasteiger partial charge in [-0.3, -0.25) is 0 Å². The Labute approximate surface area is 144 Å². The highest BCUT2D eigenvalue weighted by molar-refractivity contribution is 6.74. The molecule has 23 heavy (non-hydrogen) atoms. The van der Waals surface area contributed by atoms with E-state index in [1.807, 2.05) is 0 Å². The number of hydrogen-bond donors (Lipinski definition) is 0. The monoisotopic (exact) mass is 338 g/mol. The van der Waals surface area contributed by atoms with E-state index in [9.17, 15) is 4.79 Å². The van der Waals surface area contributed by atoms with Gasteiger partial charge in [-0.1, -0.05) is 48.0 Å². The van der Waals surface area contributed by atoms with Crippen molar-refractivity contribution in [3.05, 3.63) is 0 Å². The Balaban J connectivity index is 2.23.